The minimum Gasteiger partial charge on any atom is -0.491 e. The van der Waals surface area contributed by atoms with Crippen LogP contribution in [0.3, 0.4) is 0 Å². The van der Waals surface area contributed by atoms with Crippen LogP contribution in [0.5, 0.6) is 5.75 Å². The monoisotopic (exact) mass is 434 g/mol. The highest BCUT2D eigenvalue weighted by Gasteiger charge is 2.16. The van der Waals surface area contributed by atoms with Crippen LogP contribution in [0.25, 0.3) is 10.9 Å². The third-order valence-electron chi connectivity index (χ3n) is 3.84. The molecule has 1 aromatic heterocycles. The quantitative estimate of drug-likeness (QED) is 0.569. The Hall–Kier alpha value is -1.96. The summed E-state index contributed by atoms with van der Waals surface area (Å²) >= 11 is 3.31. The van der Waals surface area contributed by atoms with Crippen molar-refractivity contribution in [3.63, 3.8) is 0 Å². The van der Waals surface area contributed by atoms with E-state index >= 15 is 0 Å². The second kappa shape index (κ2) is 8.16. The Kier molecular flexibility index (Phi) is 5.90. The predicted octanol–water partition coefficient (Wildman–Crippen LogP) is 4.05. The summed E-state index contributed by atoms with van der Waals surface area (Å²) in [4.78, 5) is 4.57. The third-order valence-corrected chi connectivity index (χ3v) is 6.28. The van der Waals surface area contributed by atoms with Crippen molar-refractivity contribution in [2.75, 3.05) is 13.2 Å². The fraction of sp³-hybridized carbons (Fsp3) is 0.211. The zero-order valence-electron chi connectivity index (χ0n) is 14.3. The molecule has 3 aromatic rings. The summed E-state index contributed by atoms with van der Waals surface area (Å²) in [5.41, 5.74) is 1.80. The molecule has 5 nitrogen and oxygen atoms in total. The van der Waals surface area contributed by atoms with Crippen molar-refractivity contribution < 1.29 is 13.2 Å². The molecule has 0 amide bonds. The van der Waals surface area contributed by atoms with Gasteiger partial charge >= 0.3 is 0 Å². The molecule has 0 unspecified atom stereocenters. The predicted molar refractivity (Wildman–Crippen MR) is 106 cm³/mol. The van der Waals surface area contributed by atoms with E-state index < -0.39 is 10.0 Å². The first kappa shape index (κ1) is 18.8. The third kappa shape index (κ3) is 4.41. The van der Waals surface area contributed by atoms with Gasteiger partial charge < -0.3 is 4.74 Å². The lowest BCUT2D eigenvalue weighted by molar-refractivity contribution is 0.314. The van der Waals surface area contributed by atoms with Crippen LogP contribution in [-0.4, -0.2) is 26.6 Å². The number of pyridine rings is 1. The number of halogens is 1. The van der Waals surface area contributed by atoms with Gasteiger partial charge in [0.25, 0.3) is 0 Å². The van der Waals surface area contributed by atoms with Gasteiger partial charge in [0.1, 0.15) is 11.3 Å². The van der Waals surface area contributed by atoms with Gasteiger partial charge in [-0.2, -0.15) is 0 Å². The summed E-state index contributed by atoms with van der Waals surface area (Å²) in [7, 11) is -3.55. The van der Waals surface area contributed by atoms with Gasteiger partial charge in [-0.05, 0) is 59.1 Å². The van der Waals surface area contributed by atoms with Gasteiger partial charge in [-0.15, -0.1) is 0 Å². The number of sulfonamides is 1. The number of benzene rings is 2. The maximum Gasteiger partial charge on any atom is 0.241 e. The van der Waals surface area contributed by atoms with E-state index in [4.69, 9.17) is 4.74 Å². The maximum absolute atomic E-state index is 12.4. The molecule has 0 radical (unpaired) electrons. The average molecular weight is 435 g/mol. The van der Waals surface area contributed by atoms with Crippen molar-refractivity contribution in [2.45, 2.75) is 18.2 Å². The molecule has 2 aromatic carbocycles. The Morgan fingerprint density at radius 3 is 2.77 bits per heavy atom. The molecule has 1 N–H and O–H groups in total. The smallest absolute Gasteiger partial charge is 0.241 e. The van der Waals surface area contributed by atoms with E-state index in [9.17, 15) is 8.42 Å². The first-order valence-electron chi connectivity index (χ1n) is 8.20. The summed E-state index contributed by atoms with van der Waals surface area (Å²) in [6.45, 7) is 2.60. The Bertz CT molecular complexity index is 1020. The molecule has 26 heavy (non-hydrogen) atoms. The minimum absolute atomic E-state index is 0.238. The van der Waals surface area contributed by atoms with Gasteiger partial charge in [-0.1, -0.05) is 24.3 Å². The number of rotatable bonds is 7. The van der Waals surface area contributed by atoms with Crippen LogP contribution >= 0.6 is 15.9 Å². The Balaban J connectivity index is 1.55. The highest BCUT2D eigenvalue weighted by Crippen LogP contribution is 2.24. The fourth-order valence-corrected chi connectivity index (χ4v) is 4.82. The second-order valence-corrected chi connectivity index (χ2v) is 8.45. The van der Waals surface area contributed by atoms with E-state index in [1.54, 1.807) is 24.4 Å². The molecule has 1 heterocycles. The van der Waals surface area contributed by atoms with Gasteiger partial charge in [0.2, 0.25) is 10.0 Å². The van der Waals surface area contributed by atoms with Gasteiger partial charge in [0.05, 0.1) is 11.5 Å². The van der Waals surface area contributed by atoms with Crippen LogP contribution in [0.15, 0.2) is 64.1 Å². The Morgan fingerprint density at radius 1 is 1.15 bits per heavy atom. The number of aromatic nitrogens is 1. The van der Waals surface area contributed by atoms with Crippen molar-refractivity contribution in [3.05, 3.63) is 64.8 Å². The standard InChI is InChI=1S/C19H19BrN2O3S/c1-14-8-9-18(16(20)13-14)26(23,24)22-11-4-12-25-17-7-2-5-15-6-3-10-21-19(15)17/h2-3,5-10,13,22H,4,11-12H2,1H3. The van der Waals surface area contributed by atoms with Crippen LogP contribution in [0, 0.1) is 6.92 Å². The van der Waals surface area contributed by atoms with Crippen molar-refractivity contribution in [3.8, 4) is 5.75 Å². The fourth-order valence-electron chi connectivity index (χ4n) is 2.56. The molecule has 0 saturated carbocycles. The second-order valence-electron chi connectivity index (χ2n) is 5.86. The van der Waals surface area contributed by atoms with Crippen LogP contribution in [-0.2, 0) is 10.0 Å². The van der Waals surface area contributed by atoms with Gasteiger partial charge in [-0.25, -0.2) is 13.1 Å². The molecule has 0 spiro atoms. The normalized spacial score (nSPS) is 11.6. The average Bonchev–Trinajstić information content (AvgIpc) is 2.61. The van der Waals surface area contributed by atoms with E-state index in [-0.39, 0.29) is 4.90 Å². The SMILES string of the molecule is Cc1ccc(S(=O)(=O)NCCCOc2cccc3cccnc23)c(Br)c1. The van der Waals surface area contributed by atoms with Crippen molar-refractivity contribution in [1.82, 2.24) is 9.71 Å². The topological polar surface area (TPSA) is 68.3 Å². The molecule has 0 aliphatic carbocycles. The van der Waals surface area contributed by atoms with Crippen LogP contribution in [0.4, 0.5) is 0 Å². The summed E-state index contributed by atoms with van der Waals surface area (Å²) in [6.07, 6.45) is 2.27. The number of para-hydroxylation sites is 1. The zero-order chi connectivity index (χ0) is 18.6. The molecule has 0 aliphatic heterocycles. The first-order valence-corrected chi connectivity index (χ1v) is 10.5. The van der Waals surface area contributed by atoms with E-state index in [0.29, 0.717) is 29.8 Å². The van der Waals surface area contributed by atoms with Crippen LogP contribution in [0.2, 0.25) is 0 Å². The van der Waals surface area contributed by atoms with E-state index in [2.05, 4.69) is 25.6 Å². The highest BCUT2D eigenvalue weighted by molar-refractivity contribution is 9.10. The van der Waals surface area contributed by atoms with Gasteiger partial charge in [0.15, 0.2) is 0 Å². The van der Waals surface area contributed by atoms with Crippen molar-refractivity contribution in [2.24, 2.45) is 0 Å². The molecule has 0 saturated heterocycles. The molecule has 0 fully saturated rings. The van der Waals surface area contributed by atoms with Gasteiger partial charge in [0, 0.05) is 22.6 Å². The summed E-state index contributed by atoms with van der Waals surface area (Å²) in [5, 5.41) is 1.01. The van der Waals surface area contributed by atoms with E-state index in [1.165, 1.54) is 0 Å². The number of nitrogens with zero attached hydrogens (tertiary/aromatic N) is 1. The van der Waals surface area contributed by atoms with Gasteiger partial charge in [-0.3, -0.25) is 4.98 Å². The largest absolute Gasteiger partial charge is 0.491 e. The molecule has 136 valence electrons. The van der Waals surface area contributed by atoms with Crippen LogP contribution < -0.4 is 9.46 Å². The van der Waals surface area contributed by atoms with Crippen molar-refractivity contribution >= 4 is 36.9 Å². The minimum atomic E-state index is -3.55. The molecule has 0 atom stereocenters. The van der Waals surface area contributed by atoms with E-state index in [1.807, 2.05) is 37.3 Å². The molecule has 7 heteroatoms. The zero-order valence-corrected chi connectivity index (χ0v) is 16.7. The summed E-state index contributed by atoms with van der Waals surface area (Å²) in [6, 6.07) is 14.8. The number of fused-ring (bicyclic) bond motifs is 1. The molecular weight excluding hydrogens is 416 g/mol. The maximum atomic E-state index is 12.4. The highest BCUT2D eigenvalue weighted by atomic mass is 79.9. The lowest BCUT2D eigenvalue weighted by Crippen LogP contribution is -2.26. The number of ether oxygens (including phenoxy) is 1. The van der Waals surface area contributed by atoms with Crippen molar-refractivity contribution in [1.29, 1.82) is 0 Å². The van der Waals surface area contributed by atoms with Crippen LogP contribution in [0.1, 0.15) is 12.0 Å². The Morgan fingerprint density at radius 2 is 1.96 bits per heavy atom. The summed E-state index contributed by atoms with van der Waals surface area (Å²) < 4.78 is 33.7. The lowest BCUT2D eigenvalue weighted by atomic mass is 10.2. The molecule has 0 bridgehead atoms. The number of aryl methyl sites for hydroxylation is 1. The van der Waals surface area contributed by atoms with E-state index in [0.717, 1.165) is 16.5 Å². The number of nitrogens with one attached hydrogen (secondary N) is 1. The molecule has 0 aliphatic rings. The number of hydrogen-bond donors (Lipinski definition) is 1. The lowest BCUT2D eigenvalue weighted by Gasteiger charge is -2.10. The number of hydrogen-bond acceptors (Lipinski definition) is 4. The molecular formula is C19H19BrN2O3S. The first-order chi connectivity index (χ1) is 12.5. The molecule has 3 rings (SSSR count). The Labute approximate surface area is 161 Å². The summed E-state index contributed by atoms with van der Waals surface area (Å²) in [5.74, 6) is 0.701.